The van der Waals surface area contributed by atoms with Gasteiger partial charge in [0.15, 0.2) is 0 Å². The molecule has 3 aromatic carbocycles. The van der Waals surface area contributed by atoms with E-state index in [4.69, 9.17) is 9.05 Å². The molecule has 0 aromatic heterocycles. The second-order valence-electron chi connectivity index (χ2n) is 6.28. The van der Waals surface area contributed by atoms with E-state index in [1.165, 1.54) is 0 Å². The van der Waals surface area contributed by atoms with Gasteiger partial charge in [-0.25, -0.2) is 0 Å². The van der Waals surface area contributed by atoms with Gasteiger partial charge in [0.25, 0.3) is 0 Å². The number of aromatic hydroxyl groups is 1. The number of phenolic OH excluding ortho intramolecular Hbond substituents is 1. The van der Waals surface area contributed by atoms with Gasteiger partial charge in [0.1, 0.15) is 11.5 Å². The molecule has 0 saturated carbocycles. The number of benzene rings is 3. The molecule has 1 unspecified atom stereocenters. The first-order valence-corrected chi connectivity index (χ1v) is 9.87. The first kappa shape index (κ1) is 18.4. The molecule has 1 N–H and O–H groups in total. The van der Waals surface area contributed by atoms with Gasteiger partial charge in [0.05, 0.1) is 11.7 Å². The quantitative estimate of drug-likeness (QED) is 0.527. The largest absolute Gasteiger partial charge is 0.507 e. The van der Waals surface area contributed by atoms with Crippen molar-refractivity contribution < 1.29 is 14.2 Å². The van der Waals surface area contributed by atoms with Crippen LogP contribution in [0.5, 0.6) is 11.5 Å². The predicted octanol–water partition coefficient (Wildman–Crippen LogP) is 6.21. The third kappa shape index (κ3) is 4.43. The molecule has 0 aliphatic carbocycles. The summed E-state index contributed by atoms with van der Waals surface area (Å²) in [6, 6.07) is 21.9. The molecule has 0 aliphatic rings. The summed E-state index contributed by atoms with van der Waals surface area (Å²) in [5, 5.41) is 10.6. The number of aryl methyl sites for hydroxylation is 2. The average molecular weight is 366 g/mol. The van der Waals surface area contributed by atoms with E-state index < -0.39 is 8.38 Å². The molecule has 0 bridgehead atoms. The van der Waals surface area contributed by atoms with Crippen molar-refractivity contribution in [3.05, 3.63) is 83.4 Å². The van der Waals surface area contributed by atoms with Crippen LogP contribution >= 0.6 is 8.38 Å². The Morgan fingerprint density at radius 3 is 2.35 bits per heavy atom. The minimum Gasteiger partial charge on any atom is -0.507 e. The number of rotatable bonds is 6. The van der Waals surface area contributed by atoms with E-state index in [1.807, 2.05) is 62.4 Å². The molecule has 0 heterocycles. The Labute approximate surface area is 156 Å². The maximum absolute atomic E-state index is 10.6. The molecule has 134 valence electrons. The van der Waals surface area contributed by atoms with Crippen molar-refractivity contribution in [2.24, 2.45) is 0 Å². The van der Waals surface area contributed by atoms with Crippen LogP contribution in [0.15, 0.2) is 66.7 Å². The standard InChI is InChI=1S/C22H23O3P/c1-16-8-7-11-19(12-16)22-20(23)13-17(2)14-21(22)25-26(24-3)15-18-9-5-4-6-10-18/h4-14,23H,15H2,1-3H3. The molecule has 26 heavy (non-hydrogen) atoms. The van der Waals surface area contributed by atoms with Crippen LogP contribution in [0.25, 0.3) is 11.1 Å². The van der Waals surface area contributed by atoms with Crippen LogP contribution in [0.4, 0.5) is 0 Å². The molecule has 0 amide bonds. The fraction of sp³-hybridized carbons (Fsp3) is 0.182. The Morgan fingerprint density at radius 1 is 0.885 bits per heavy atom. The molecule has 3 rings (SSSR count). The van der Waals surface area contributed by atoms with Crippen molar-refractivity contribution in [2.45, 2.75) is 20.0 Å². The van der Waals surface area contributed by atoms with E-state index in [-0.39, 0.29) is 5.75 Å². The molecule has 0 saturated heterocycles. The summed E-state index contributed by atoms with van der Waals surface area (Å²) in [6.45, 7) is 3.98. The van der Waals surface area contributed by atoms with Crippen LogP contribution in [0.2, 0.25) is 0 Å². The average Bonchev–Trinajstić information content (AvgIpc) is 2.61. The van der Waals surface area contributed by atoms with Gasteiger partial charge in [-0.2, -0.15) is 0 Å². The van der Waals surface area contributed by atoms with Crippen molar-refractivity contribution >= 4 is 8.38 Å². The zero-order chi connectivity index (χ0) is 18.5. The summed E-state index contributed by atoms with van der Waals surface area (Å²) < 4.78 is 11.9. The maximum atomic E-state index is 10.6. The number of phenols is 1. The first-order valence-electron chi connectivity index (χ1n) is 8.51. The van der Waals surface area contributed by atoms with E-state index >= 15 is 0 Å². The normalized spacial score (nSPS) is 12.0. The van der Waals surface area contributed by atoms with Gasteiger partial charge in [-0.1, -0.05) is 60.2 Å². The van der Waals surface area contributed by atoms with E-state index in [0.29, 0.717) is 17.5 Å². The number of hydrogen-bond donors (Lipinski definition) is 1. The molecule has 3 nitrogen and oxygen atoms in total. The van der Waals surface area contributed by atoms with E-state index in [9.17, 15) is 5.11 Å². The summed E-state index contributed by atoms with van der Waals surface area (Å²) in [5.41, 5.74) is 4.88. The lowest BCUT2D eigenvalue weighted by Gasteiger charge is -2.20. The van der Waals surface area contributed by atoms with Crippen LogP contribution < -0.4 is 4.52 Å². The fourth-order valence-corrected chi connectivity index (χ4v) is 4.01. The number of hydrogen-bond acceptors (Lipinski definition) is 3. The van der Waals surface area contributed by atoms with E-state index in [0.717, 1.165) is 22.3 Å². The SMILES string of the molecule is COP(Cc1ccccc1)Oc1cc(C)cc(O)c1-c1cccc(C)c1. The highest BCUT2D eigenvalue weighted by Crippen LogP contribution is 2.48. The lowest BCUT2D eigenvalue weighted by Crippen LogP contribution is -1.97. The van der Waals surface area contributed by atoms with Gasteiger partial charge in [0, 0.05) is 7.11 Å². The topological polar surface area (TPSA) is 38.7 Å². The third-order valence-electron chi connectivity index (χ3n) is 4.09. The van der Waals surface area contributed by atoms with Crippen LogP contribution in [0.1, 0.15) is 16.7 Å². The predicted molar refractivity (Wildman–Crippen MR) is 108 cm³/mol. The first-order chi connectivity index (χ1) is 12.6. The Kier molecular flexibility index (Phi) is 5.92. The Balaban J connectivity index is 1.95. The Hall–Kier alpha value is -2.35. The molecule has 0 fully saturated rings. The van der Waals surface area contributed by atoms with Gasteiger partial charge in [-0.3, -0.25) is 0 Å². The van der Waals surface area contributed by atoms with Gasteiger partial charge in [-0.15, -0.1) is 0 Å². The third-order valence-corrected chi connectivity index (χ3v) is 5.52. The zero-order valence-corrected chi connectivity index (χ0v) is 16.2. The monoisotopic (exact) mass is 366 g/mol. The summed E-state index contributed by atoms with van der Waals surface area (Å²) in [6.07, 6.45) is 0.689. The van der Waals surface area contributed by atoms with E-state index in [1.54, 1.807) is 13.2 Å². The molecule has 0 spiro atoms. The summed E-state index contributed by atoms with van der Waals surface area (Å²) >= 11 is 0. The Bertz CT molecular complexity index is 878. The van der Waals surface area contributed by atoms with Crippen LogP contribution in [-0.2, 0) is 10.7 Å². The highest BCUT2D eigenvalue weighted by molar-refractivity contribution is 7.46. The second-order valence-corrected chi connectivity index (χ2v) is 7.81. The van der Waals surface area contributed by atoms with Crippen molar-refractivity contribution in [3.8, 4) is 22.6 Å². The Morgan fingerprint density at radius 2 is 1.65 bits per heavy atom. The molecular weight excluding hydrogens is 343 g/mol. The van der Waals surface area contributed by atoms with E-state index in [2.05, 4.69) is 12.1 Å². The minimum absolute atomic E-state index is 0.219. The van der Waals surface area contributed by atoms with Gasteiger partial charge in [0.2, 0.25) is 8.38 Å². The van der Waals surface area contributed by atoms with Gasteiger partial charge < -0.3 is 14.2 Å². The molecule has 0 radical (unpaired) electrons. The summed E-state index contributed by atoms with van der Waals surface area (Å²) in [5.74, 6) is 0.869. The van der Waals surface area contributed by atoms with Crippen molar-refractivity contribution in [3.63, 3.8) is 0 Å². The summed E-state index contributed by atoms with van der Waals surface area (Å²) in [7, 11) is 0.502. The van der Waals surface area contributed by atoms with Crippen LogP contribution in [0.3, 0.4) is 0 Å². The molecule has 0 aliphatic heterocycles. The summed E-state index contributed by atoms with van der Waals surface area (Å²) in [4.78, 5) is 0. The van der Waals surface area contributed by atoms with Crippen molar-refractivity contribution in [1.29, 1.82) is 0 Å². The lowest BCUT2D eigenvalue weighted by atomic mass is 10.00. The van der Waals surface area contributed by atoms with Crippen molar-refractivity contribution in [1.82, 2.24) is 0 Å². The second kappa shape index (κ2) is 8.35. The fourth-order valence-electron chi connectivity index (χ4n) is 2.87. The lowest BCUT2D eigenvalue weighted by molar-refractivity contribution is 0.393. The van der Waals surface area contributed by atoms with Gasteiger partial charge in [-0.05, 0) is 42.7 Å². The van der Waals surface area contributed by atoms with Crippen molar-refractivity contribution in [2.75, 3.05) is 7.11 Å². The smallest absolute Gasteiger partial charge is 0.234 e. The van der Waals surface area contributed by atoms with Crippen LogP contribution in [0, 0.1) is 13.8 Å². The minimum atomic E-state index is -1.16. The highest BCUT2D eigenvalue weighted by atomic mass is 31.2. The molecular formula is C22H23O3P. The van der Waals surface area contributed by atoms with Crippen LogP contribution in [-0.4, -0.2) is 12.2 Å². The molecule has 4 heteroatoms. The highest BCUT2D eigenvalue weighted by Gasteiger charge is 2.18. The molecule has 3 aromatic rings. The van der Waals surface area contributed by atoms with Gasteiger partial charge >= 0.3 is 0 Å². The zero-order valence-electron chi connectivity index (χ0n) is 15.3. The maximum Gasteiger partial charge on any atom is 0.234 e. The molecule has 1 atom stereocenters.